The molecule has 1 aromatic heterocycles. The average molecular weight is 344 g/mol. The van der Waals surface area contributed by atoms with Gasteiger partial charge in [0.25, 0.3) is 5.91 Å². The van der Waals surface area contributed by atoms with Crippen molar-refractivity contribution in [3.05, 3.63) is 47.8 Å². The summed E-state index contributed by atoms with van der Waals surface area (Å²) in [6.07, 6.45) is 1.69. The van der Waals surface area contributed by atoms with E-state index in [1.807, 2.05) is 13.0 Å². The van der Waals surface area contributed by atoms with Gasteiger partial charge in [0, 0.05) is 18.4 Å². The van der Waals surface area contributed by atoms with Crippen molar-refractivity contribution in [3.8, 4) is 5.69 Å². The van der Waals surface area contributed by atoms with Crippen LogP contribution in [0.3, 0.4) is 0 Å². The van der Waals surface area contributed by atoms with Gasteiger partial charge in [-0.25, -0.2) is 9.48 Å². The third-order valence-corrected chi connectivity index (χ3v) is 3.33. The zero-order chi connectivity index (χ0) is 18.2. The van der Waals surface area contributed by atoms with Gasteiger partial charge in [-0.15, -0.1) is 0 Å². The Kier molecular flexibility index (Phi) is 6.27. The van der Waals surface area contributed by atoms with Gasteiger partial charge in [-0.1, -0.05) is 0 Å². The average Bonchev–Trinajstić information content (AvgIpc) is 3.04. The Balaban J connectivity index is 1.84. The maximum absolute atomic E-state index is 12.0. The van der Waals surface area contributed by atoms with Crippen LogP contribution in [0.4, 0.5) is 0 Å². The highest BCUT2D eigenvalue weighted by Gasteiger charge is 2.11. The van der Waals surface area contributed by atoms with E-state index in [0.717, 1.165) is 11.4 Å². The van der Waals surface area contributed by atoms with Crippen LogP contribution in [0, 0.1) is 6.92 Å². The summed E-state index contributed by atoms with van der Waals surface area (Å²) in [5.74, 6) is -1.45. The van der Waals surface area contributed by atoms with E-state index >= 15 is 0 Å². The molecule has 8 heteroatoms. The monoisotopic (exact) mass is 344 g/mol. The SMILES string of the molecule is CCNC(=O)CNC(=O)COC(=O)c1ccc(-n2nccc2C)cc1. The van der Waals surface area contributed by atoms with Crippen molar-refractivity contribution in [1.82, 2.24) is 20.4 Å². The molecule has 132 valence electrons. The van der Waals surface area contributed by atoms with Crippen LogP contribution in [0.5, 0.6) is 0 Å². The Labute approximate surface area is 145 Å². The largest absolute Gasteiger partial charge is 0.452 e. The van der Waals surface area contributed by atoms with Gasteiger partial charge < -0.3 is 15.4 Å². The molecule has 0 spiro atoms. The van der Waals surface area contributed by atoms with Gasteiger partial charge in [0.05, 0.1) is 17.8 Å². The first-order valence-electron chi connectivity index (χ1n) is 7.83. The lowest BCUT2D eigenvalue weighted by atomic mass is 10.2. The molecule has 2 N–H and O–H groups in total. The number of aromatic nitrogens is 2. The van der Waals surface area contributed by atoms with Crippen molar-refractivity contribution in [3.63, 3.8) is 0 Å². The van der Waals surface area contributed by atoms with E-state index < -0.39 is 18.5 Å². The highest BCUT2D eigenvalue weighted by molar-refractivity contribution is 5.92. The minimum absolute atomic E-state index is 0.151. The molecule has 0 bridgehead atoms. The molecule has 8 nitrogen and oxygen atoms in total. The number of esters is 1. The highest BCUT2D eigenvalue weighted by Crippen LogP contribution is 2.12. The first-order chi connectivity index (χ1) is 12.0. The van der Waals surface area contributed by atoms with Crippen LogP contribution in [0.2, 0.25) is 0 Å². The first-order valence-corrected chi connectivity index (χ1v) is 7.83. The third-order valence-electron chi connectivity index (χ3n) is 3.33. The van der Waals surface area contributed by atoms with E-state index in [0.29, 0.717) is 12.1 Å². The number of rotatable bonds is 7. The fourth-order valence-corrected chi connectivity index (χ4v) is 2.08. The summed E-state index contributed by atoms with van der Waals surface area (Å²) in [4.78, 5) is 34.7. The van der Waals surface area contributed by atoms with Gasteiger partial charge in [-0.2, -0.15) is 5.10 Å². The van der Waals surface area contributed by atoms with Crippen LogP contribution in [-0.4, -0.2) is 47.3 Å². The molecule has 0 unspecified atom stereocenters. The zero-order valence-corrected chi connectivity index (χ0v) is 14.1. The van der Waals surface area contributed by atoms with E-state index in [2.05, 4.69) is 15.7 Å². The third kappa shape index (κ3) is 5.17. The fraction of sp³-hybridized carbons (Fsp3) is 0.294. The molecule has 0 aliphatic rings. The second-order valence-corrected chi connectivity index (χ2v) is 5.24. The number of carbonyl (C=O) groups excluding carboxylic acids is 3. The number of carbonyl (C=O) groups is 3. The minimum atomic E-state index is -0.614. The topological polar surface area (TPSA) is 102 Å². The van der Waals surface area contributed by atoms with Crippen molar-refractivity contribution >= 4 is 17.8 Å². The molecule has 2 aromatic rings. The predicted octanol–water partition coefficient (Wildman–Crippen LogP) is 0.590. The quantitative estimate of drug-likeness (QED) is 0.716. The Morgan fingerprint density at radius 1 is 1.08 bits per heavy atom. The summed E-state index contributed by atoms with van der Waals surface area (Å²) in [6.45, 7) is 3.59. The molecule has 1 heterocycles. The molecule has 0 atom stereocenters. The normalized spacial score (nSPS) is 10.2. The number of nitrogens with one attached hydrogen (secondary N) is 2. The number of hydrogen-bond acceptors (Lipinski definition) is 5. The summed E-state index contributed by atoms with van der Waals surface area (Å²) in [5, 5.41) is 9.09. The van der Waals surface area contributed by atoms with Gasteiger partial charge in [-0.05, 0) is 44.2 Å². The molecule has 0 aliphatic heterocycles. The second-order valence-electron chi connectivity index (χ2n) is 5.24. The Bertz CT molecular complexity index is 752. The molecule has 0 radical (unpaired) electrons. The zero-order valence-electron chi connectivity index (χ0n) is 14.1. The summed E-state index contributed by atoms with van der Waals surface area (Å²) < 4.78 is 6.67. The van der Waals surface area contributed by atoms with Gasteiger partial charge in [0.1, 0.15) is 0 Å². The summed E-state index contributed by atoms with van der Waals surface area (Å²) in [6, 6.07) is 8.57. The lowest BCUT2D eigenvalue weighted by Crippen LogP contribution is -2.38. The molecule has 2 rings (SSSR count). The summed E-state index contributed by atoms with van der Waals surface area (Å²) >= 11 is 0. The Morgan fingerprint density at radius 3 is 2.40 bits per heavy atom. The number of amides is 2. The van der Waals surface area contributed by atoms with E-state index in [4.69, 9.17) is 4.74 Å². The Morgan fingerprint density at radius 2 is 1.80 bits per heavy atom. The van der Waals surface area contributed by atoms with Crippen LogP contribution in [0.1, 0.15) is 23.0 Å². The first kappa shape index (κ1) is 18.2. The predicted molar refractivity (Wildman–Crippen MR) is 90.3 cm³/mol. The van der Waals surface area contributed by atoms with Crippen molar-refractivity contribution < 1.29 is 19.1 Å². The second kappa shape index (κ2) is 8.62. The molecular formula is C17H20N4O4. The van der Waals surface area contributed by atoms with Crippen molar-refractivity contribution in [2.45, 2.75) is 13.8 Å². The highest BCUT2D eigenvalue weighted by atomic mass is 16.5. The van der Waals surface area contributed by atoms with Crippen molar-refractivity contribution in [1.29, 1.82) is 0 Å². The van der Waals surface area contributed by atoms with E-state index in [9.17, 15) is 14.4 Å². The Hall–Kier alpha value is -3.16. The van der Waals surface area contributed by atoms with Gasteiger partial charge in [0.15, 0.2) is 6.61 Å². The van der Waals surface area contributed by atoms with Crippen LogP contribution in [-0.2, 0) is 14.3 Å². The number of hydrogen-bond donors (Lipinski definition) is 2. The number of nitrogens with zero attached hydrogens (tertiary/aromatic N) is 2. The van der Waals surface area contributed by atoms with Crippen molar-refractivity contribution in [2.24, 2.45) is 0 Å². The smallest absolute Gasteiger partial charge is 0.338 e. The summed E-state index contributed by atoms with van der Waals surface area (Å²) in [5.41, 5.74) is 2.11. The molecule has 1 aromatic carbocycles. The number of likely N-dealkylation sites (N-methyl/N-ethyl adjacent to an activating group) is 1. The number of benzene rings is 1. The lowest BCUT2D eigenvalue weighted by Gasteiger charge is -2.08. The maximum Gasteiger partial charge on any atom is 0.338 e. The fourth-order valence-electron chi connectivity index (χ4n) is 2.08. The van der Waals surface area contributed by atoms with E-state index in [1.54, 1.807) is 42.1 Å². The van der Waals surface area contributed by atoms with Crippen molar-refractivity contribution in [2.75, 3.05) is 19.7 Å². The molecule has 0 fully saturated rings. The molecule has 0 aliphatic carbocycles. The number of ether oxygens (including phenoxy) is 1. The van der Waals surface area contributed by atoms with Gasteiger partial charge in [-0.3, -0.25) is 9.59 Å². The molecule has 2 amide bonds. The van der Waals surface area contributed by atoms with Crippen LogP contribution >= 0.6 is 0 Å². The van der Waals surface area contributed by atoms with Crippen LogP contribution in [0.15, 0.2) is 36.5 Å². The minimum Gasteiger partial charge on any atom is -0.452 e. The standard InChI is InChI=1S/C17H20N4O4/c1-3-18-15(22)10-19-16(23)11-25-17(24)13-4-6-14(7-5-13)21-12(2)8-9-20-21/h4-9H,3,10-11H2,1-2H3,(H,18,22)(H,19,23). The van der Waals surface area contributed by atoms with Crippen LogP contribution < -0.4 is 10.6 Å². The molecule has 0 saturated carbocycles. The van der Waals surface area contributed by atoms with Gasteiger partial charge >= 0.3 is 5.97 Å². The van der Waals surface area contributed by atoms with Crippen LogP contribution in [0.25, 0.3) is 5.69 Å². The van der Waals surface area contributed by atoms with Gasteiger partial charge in [0.2, 0.25) is 5.91 Å². The lowest BCUT2D eigenvalue weighted by molar-refractivity contribution is -0.127. The van der Waals surface area contributed by atoms with E-state index in [1.165, 1.54) is 0 Å². The molecule has 25 heavy (non-hydrogen) atoms. The number of aryl methyl sites for hydroxylation is 1. The molecule has 0 saturated heterocycles. The maximum atomic E-state index is 12.0. The molecular weight excluding hydrogens is 324 g/mol. The van der Waals surface area contributed by atoms with E-state index in [-0.39, 0.29) is 12.5 Å². The summed E-state index contributed by atoms with van der Waals surface area (Å²) in [7, 11) is 0.